The van der Waals surface area contributed by atoms with E-state index in [-0.39, 0.29) is 11.7 Å². The van der Waals surface area contributed by atoms with E-state index in [4.69, 9.17) is 0 Å². The Balaban J connectivity index is 1.60. The fourth-order valence-electron chi connectivity index (χ4n) is 2.86. The Bertz CT molecular complexity index is 924. The molecule has 1 N–H and O–H groups in total. The van der Waals surface area contributed by atoms with Gasteiger partial charge in [-0.15, -0.1) is 0 Å². The fourth-order valence-corrected chi connectivity index (χ4v) is 4.08. The van der Waals surface area contributed by atoms with Crippen molar-refractivity contribution < 1.29 is 9.59 Å². The predicted molar refractivity (Wildman–Crippen MR) is 129 cm³/mol. The highest BCUT2D eigenvalue weighted by molar-refractivity contribution is 14.1. The van der Waals surface area contributed by atoms with Crippen molar-refractivity contribution in [2.24, 2.45) is 0 Å². The minimum absolute atomic E-state index is 0.0473. The summed E-state index contributed by atoms with van der Waals surface area (Å²) in [4.78, 5) is 25.0. The standard InChI is InChI=1S/C23H19I2NO2/c24-20-8-1-4-16(12-20)10-11-22(27)18-6-3-7-19(14-18)23(28)26-15-17-5-2-9-21(25)13-17/h1-9,12-14H,10-11,15H2,(H,26,28). The molecule has 0 unspecified atom stereocenters. The first-order valence-electron chi connectivity index (χ1n) is 8.91. The maximum absolute atomic E-state index is 12.6. The number of carbonyl (C=O) groups excluding carboxylic acids is 2. The lowest BCUT2D eigenvalue weighted by molar-refractivity contribution is 0.0951. The molecule has 0 bridgehead atoms. The molecule has 3 aromatic rings. The van der Waals surface area contributed by atoms with E-state index >= 15 is 0 Å². The van der Waals surface area contributed by atoms with E-state index in [9.17, 15) is 9.59 Å². The van der Waals surface area contributed by atoms with Gasteiger partial charge in [0.25, 0.3) is 5.91 Å². The normalized spacial score (nSPS) is 10.5. The molecule has 0 spiro atoms. The molecule has 3 aromatic carbocycles. The summed E-state index contributed by atoms with van der Waals surface area (Å²) in [6, 6.07) is 23.1. The van der Waals surface area contributed by atoms with Gasteiger partial charge in [-0.2, -0.15) is 0 Å². The van der Waals surface area contributed by atoms with E-state index in [2.05, 4.69) is 56.6 Å². The third kappa shape index (κ3) is 6.13. The SMILES string of the molecule is O=C(CCc1cccc(I)c1)c1cccc(C(=O)NCc2cccc(I)c2)c1. The molecule has 0 aliphatic rings. The molecule has 0 aliphatic heterocycles. The lowest BCUT2D eigenvalue weighted by atomic mass is 10.0. The molecule has 0 aliphatic carbocycles. The summed E-state index contributed by atoms with van der Waals surface area (Å²) in [6.45, 7) is 0.459. The van der Waals surface area contributed by atoms with Gasteiger partial charge in [-0.05, 0) is 99.1 Å². The minimum atomic E-state index is -0.175. The Morgan fingerprint density at radius 3 is 2.07 bits per heavy atom. The second-order valence-corrected chi connectivity index (χ2v) is 8.94. The first-order chi connectivity index (χ1) is 13.5. The quantitative estimate of drug-likeness (QED) is 0.284. The number of ketones is 1. The van der Waals surface area contributed by atoms with Crippen molar-refractivity contribution in [3.8, 4) is 0 Å². The van der Waals surface area contributed by atoms with Crippen LogP contribution in [0.5, 0.6) is 0 Å². The average molecular weight is 595 g/mol. The van der Waals surface area contributed by atoms with Gasteiger partial charge in [-0.3, -0.25) is 9.59 Å². The molecule has 3 nitrogen and oxygen atoms in total. The molecule has 0 fully saturated rings. The van der Waals surface area contributed by atoms with E-state index in [0.29, 0.717) is 30.5 Å². The van der Waals surface area contributed by atoms with Crippen LogP contribution in [0.4, 0.5) is 0 Å². The minimum Gasteiger partial charge on any atom is -0.348 e. The van der Waals surface area contributed by atoms with Gasteiger partial charge in [-0.25, -0.2) is 0 Å². The number of nitrogens with one attached hydrogen (secondary N) is 1. The Hall–Kier alpha value is -1.74. The third-order valence-electron chi connectivity index (χ3n) is 4.32. The van der Waals surface area contributed by atoms with Crippen LogP contribution in [0.2, 0.25) is 0 Å². The number of Topliss-reactive ketones (excluding diaryl/α,β-unsaturated/α-hetero) is 1. The fraction of sp³-hybridized carbons (Fsp3) is 0.130. The van der Waals surface area contributed by atoms with Crippen molar-refractivity contribution in [2.45, 2.75) is 19.4 Å². The van der Waals surface area contributed by atoms with Gasteiger partial charge in [0.15, 0.2) is 5.78 Å². The van der Waals surface area contributed by atoms with Gasteiger partial charge in [0.2, 0.25) is 0 Å². The predicted octanol–water partition coefficient (Wildman–Crippen LogP) is 5.64. The van der Waals surface area contributed by atoms with E-state index in [1.807, 2.05) is 42.5 Å². The van der Waals surface area contributed by atoms with Crippen molar-refractivity contribution in [1.82, 2.24) is 5.32 Å². The lowest BCUT2D eigenvalue weighted by Gasteiger charge is -2.08. The number of carbonyl (C=O) groups is 2. The molecule has 0 radical (unpaired) electrons. The topological polar surface area (TPSA) is 46.2 Å². The molecule has 0 heterocycles. The van der Waals surface area contributed by atoms with E-state index in [0.717, 1.165) is 18.3 Å². The first-order valence-corrected chi connectivity index (χ1v) is 11.1. The summed E-state index contributed by atoms with van der Waals surface area (Å²) in [6.07, 6.45) is 1.12. The van der Waals surface area contributed by atoms with Crippen LogP contribution in [0.1, 0.15) is 38.3 Å². The summed E-state index contributed by atoms with van der Waals surface area (Å²) in [5.74, 6) is -0.128. The van der Waals surface area contributed by atoms with Crippen LogP contribution < -0.4 is 5.32 Å². The molecule has 0 aromatic heterocycles. The van der Waals surface area contributed by atoms with Crippen LogP contribution >= 0.6 is 45.2 Å². The van der Waals surface area contributed by atoms with E-state index in [1.165, 1.54) is 0 Å². The number of aryl methyl sites for hydroxylation is 1. The Kier molecular flexibility index (Phi) is 7.61. The third-order valence-corrected chi connectivity index (χ3v) is 5.66. The van der Waals surface area contributed by atoms with Gasteiger partial charge in [0.1, 0.15) is 0 Å². The molecule has 28 heavy (non-hydrogen) atoms. The van der Waals surface area contributed by atoms with Crippen molar-refractivity contribution >= 4 is 56.9 Å². The van der Waals surface area contributed by atoms with E-state index in [1.54, 1.807) is 24.3 Å². The largest absolute Gasteiger partial charge is 0.348 e. The number of benzene rings is 3. The van der Waals surface area contributed by atoms with E-state index < -0.39 is 0 Å². The summed E-state index contributed by atoms with van der Waals surface area (Å²) in [7, 11) is 0. The second-order valence-electron chi connectivity index (χ2n) is 6.45. The average Bonchev–Trinajstić information content (AvgIpc) is 2.70. The molecular formula is C23H19I2NO2. The van der Waals surface area contributed by atoms with Crippen LogP contribution in [0.25, 0.3) is 0 Å². The summed E-state index contributed by atoms with van der Waals surface area (Å²) < 4.78 is 2.29. The number of hydrogen-bond acceptors (Lipinski definition) is 2. The number of amides is 1. The second kappa shape index (κ2) is 10.2. The van der Waals surface area contributed by atoms with Gasteiger partial charge >= 0.3 is 0 Å². The highest BCUT2D eigenvalue weighted by Gasteiger charge is 2.11. The zero-order valence-electron chi connectivity index (χ0n) is 15.1. The highest BCUT2D eigenvalue weighted by atomic mass is 127. The Morgan fingerprint density at radius 2 is 1.36 bits per heavy atom. The molecule has 5 heteroatoms. The maximum Gasteiger partial charge on any atom is 0.251 e. The first kappa shape index (κ1) is 21.0. The molecule has 0 atom stereocenters. The van der Waals surface area contributed by atoms with Crippen LogP contribution in [0, 0.1) is 7.14 Å². The number of rotatable bonds is 7. The summed E-state index contributed by atoms with van der Waals surface area (Å²) in [5, 5.41) is 2.92. The molecule has 142 valence electrons. The monoisotopic (exact) mass is 595 g/mol. The smallest absolute Gasteiger partial charge is 0.251 e. The number of halogens is 2. The van der Waals surface area contributed by atoms with Crippen LogP contribution in [0.15, 0.2) is 72.8 Å². The molecule has 1 amide bonds. The van der Waals surface area contributed by atoms with Gasteiger partial charge < -0.3 is 5.32 Å². The lowest BCUT2D eigenvalue weighted by Crippen LogP contribution is -2.23. The number of hydrogen-bond donors (Lipinski definition) is 1. The Morgan fingerprint density at radius 1 is 0.750 bits per heavy atom. The molecule has 0 saturated carbocycles. The van der Waals surface area contributed by atoms with Gasteiger partial charge in [0.05, 0.1) is 0 Å². The zero-order valence-corrected chi connectivity index (χ0v) is 19.4. The van der Waals surface area contributed by atoms with Crippen molar-refractivity contribution in [2.75, 3.05) is 0 Å². The van der Waals surface area contributed by atoms with Gasteiger partial charge in [-0.1, -0.05) is 36.4 Å². The molecule has 0 saturated heterocycles. The van der Waals surface area contributed by atoms with Crippen molar-refractivity contribution in [3.63, 3.8) is 0 Å². The summed E-state index contributed by atoms with van der Waals surface area (Å²) in [5.41, 5.74) is 3.27. The van der Waals surface area contributed by atoms with Crippen LogP contribution in [0.3, 0.4) is 0 Å². The zero-order chi connectivity index (χ0) is 19.9. The molecule has 3 rings (SSSR count). The van der Waals surface area contributed by atoms with Crippen LogP contribution in [-0.4, -0.2) is 11.7 Å². The summed E-state index contributed by atoms with van der Waals surface area (Å²) >= 11 is 4.52. The highest BCUT2D eigenvalue weighted by Crippen LogP contribution is 2.14. The Labute approximate surface area is 192 Å². The van der Waals surface area contributed by atoms with Crippen molar-refractivity contribution in [1.29, 1.82) is 0 Å². The van der Waals surface area contributed by atoms with Crippen LogP contribution in [-0.2, 0) is 13.0 Å². The van der Waals surface area contributed by atoms with Gasteiger partial charge in [0, 0.05) is 31.2 Å². The molecular weight excluding hydrogens is 576 g/mol. The van der Waals surface area contributed by atoms with Crippen molar-refractivity contribution in [3.05, 3.63) is 102 Å². The maximum atomic E-state index is 12.6.